The lowest BCUT2D eigenvalue weighted by atomic mass is 10.1. The van der Waals surface area contributed by atoms with E-state index in [9.17, 15) is 18.0 Å². The molecule has 0 saturated carbocycles. The van der Waals surface area contributed by atoms with Gasteiger partial charge >= 0.3 is 0 Å². The van der Waals surface area contributed by atoms with Gasteiger partial charge < -0.3 is 10.6 Å². The van der Waals surface area contributed by atoms with Gasteiger partial charge in [-0.15, -0.1) is 0 Å². The van der Waals surface area contributed by atoms with Gasteiger partial charge in [0.05, 0.1) is 21.8 Å². The second-order valence-electron chi connectivity index (χ2n) is 7.98. The van der Waals surface area contributed by atoms with Crippen molar-refractivity contribution in [2.45, 2.75) is 31.7 Å². The van der Waals surface area contributed by atoms with E-state index >= 15 is 0 Å². The van der Waals surface area contributed by atoms with Crippen molar-refractivity contribution >= 4 is 44.8 Å². The quantitative estimate of drug-likeness (QED) is 0.472. The number of rotatable bonds is 8. The Morgan fingerprint density at radius 2 is 1.62 bits per heavy atom. The average Bonchev–Trinajstić information content (AvgIpc) is 2.78. The summed E-state index contributed by atoms with van der Waals surface area (Å²) in [6, 6.07) is 19.1. The number of nitrogens with zero attached hydrogens (tertiary/aromatic N) is 1. The van der Waals surface area contributed by atoms with Crippen LogP contribution in [0.1, 0.15) is 29.8 Å². The minimum Gasteiger partial charge on any atom is -0.350 e. The number of carbonyl (C=O) groups excluding carboxylic acids is 2. The third kappa shape index (κ3) is 5.95. The molecule has 0 spiro atoms. The third-order valence-corrected chi connectivity index (χ3v) is 6.92. The Bertz CT molecular complexity index is 1290. The van der Waals surface area contributed by atoms with Crippen molar-refractivity contribution in [3.8, 4) is 0 Å². The Balaban J connectivity index is 1.96. The summed E-state index contributed by atoms with van der Waals surface area (Å²) >= 11 is 6.06. The first-order valence-corrected chi connectivity index (χ1v) is 12.4. The highest BCUT2D eigenvalue weighted by Crippen LogP contribution is 2.29. The number of hydrogen-bond donors (Lipinski definition) is 2. The van der Waals surface area contributed by atoms with Crippen LogP contribution in [-0.4, -0.2) is 32.8 Å². The molecule has 0 bridgehead atoms. The summed E-state index contributed by atoms with van der Waals surface area (Å²) in [6.45, 7) is 4.89. The Labute approximate surface area is 204 Å². The first-order chi connectivity index (χ1) is 16.1. The molecule has 2 N–H and O–H groups in total. The number of hydrogen-bond acceptors (Lipinski definition) is 4. The number of nitrogens with one attached hydrogen (secondary N) is 2. The Hall–Kier alpha value is -3.36. The van der Waals surface area contributed by atoms with Crippen molar-refractivity contribution in [1.82, 2.24) is 5.32 Å². The number of halogens is 1. The fourth-order valence-corrected chi connectivity index (χ4v) is 5.10. The normalized spacial score (nSPS) is 11.2. The monoisotopic (exact) mass is 499 g/mol. The predicted molar refractivity (Wildman–Crippen MR) is 135 cm³/mol. The van der Waals surface area contributed by atoms with Crippen LogP contribution in [0.3, 0.4) is 0 Å². The molecule has 7 nitrogen and oxygen atoms in total. The maximum Gasteiger partial charge on any atom is 0.264 e. The molecular formula is C25H26ClN3O4S. The van der Waals surface area contributed by atoms with Gasteiger partial charge in [-0.05, 0) is 68.8 Å². The molecule has 0 saturated heterocycles. The van der Waals surface area contributed by atoms with Gasteiger partial charge in [-0.2, -0.15) is 0 Å². The zero-order valence-electron chi connectivity index (χ0n) is 19.1. The molecule has 0 radical (unpaired) electrons. The minimum atomic E-state index is -4.07. The molecule has 34 heavy (non-hydrogen) atoms. The molecule has 0 unspecified atom stereocenters. The van der Waals surface area contributed by atoms with E-state index in [1.165, 1.54) is 12.1 Å². The average molecular weight is 500 g/mol. The molecule has 178 valence electrons. The SMILES string of the molecule is Cc1cc(Cl)ccc1N(CC(=O)Nc1ccccc1C(=O)NC(C)C)S(=O)(=O)c1ccccc1. The number of amides is 2. The molecule has 0 aliphatic rings. The summed E-state index contributed by atoms with van der Waals surface area (Å²) in [6.07, 6.45) is 0. The van der Waals surface area contributed by atoms with Crippen LogP contribution in [0.15, 0.2) is 77.7 Å². The summed E-state index contributed by atoms with van der Waals surface area (Å²) in [5.74, 6) is -0.938. The Morgan fingerprint density at radius 1 is 0.971 bits per heavy atom. The van der Waals surface area contributed by atoms with Crippen LogP contribution in [-0.2, 0) is 14.8 Å². The van der Waals surface area contributed by atoms with Crippen LogP contribution in [0, 0.1) is 6.92 Å². The zero-order chi connectivity index (χ0) is 24.9. The highest BCUT2D eigenvalue weighted by molar-refractivity contribution is 7.92. The lowest BCUT2D eigenvalue weighted by Gasteiger charge is -2.26. The number of aryl methyl sites for hydroxylation is 1. The maximum absolute atomic E-state index is 13.5. The molecule has 0 atom stereocenters. The molecule has 0 aliphatic heterocycles. The van der Waals surface area contributed by atoms with Gasteiger partial charge in [0.15, 0.2) is 0 Å². The van der Waals surface area contributed by atoms with E-state index in [2.05, 4.69) is 10.6 Å². The second-order valence-corrected chi connectivity index (χ2v) is 10.3. The number of sulfonamides is 1. The van der Waals surface area contributed by atoms with Crippen LogP contribution in [0.4, 0.5) is 11.4 Å². The second kappa shape index (κ2) is 10.7. The van der Waals surface area contributed by atoms with Gasteiger partial charge in [0.1, 0.15) is 6.54 Å². The third-order valence-electron chi connectivity index (χ3n) is 4.91. The van der Waals surface area contributed by atoms with Crippen LogP contribution in [0.25, 0.3) is 0 Å². The molecular weight excluding hydrogens is 474 g/mol. The van der Waals surface area contributed by atoms with Crippen molar-refractivity contribution in [3.05, 3.63) is 88.9 Å². The Kier molecular flexibility index (Phi) is 7.96. The van der Waals surface area contributed by atoms with Gasteiger partial charge in [0, 0.05) is 11.1 Å². The highest BCUT2D eigenvalue weighted by atomic mass is 35.5. The molecule has 3 aromatic rings. The van der Waals surface area contributed by atoms with E-state index < -0.39 is 22.5 Å². The highest BCUT2D eigenvalue weighted by Gasteiger charge is 2.28. The fourth-order valence-electron chi connectivity index (χ4n) is 3.37. The van der Waals surface area contributed by atoms with Crippen LogP contribution in [0.2, 0.25) is 5.02 Å². The lowest BCUT2D eigenvalue weighted by Crippen LogP contribution is -2.39. The molecule has 0 aliphatic carbocycles. The van der Waals surface area contributed by atoms with Crippen molar-refractivity contribution in [3.63, 3.8) is 0 Å². The van der Waals surface area contributed by atoms with E-state index in [-0.39, 0.29) is 28.1 Å². The van der Waals surface area contributed by atoms with E-state index in [0.717, 1.165) is 4.31 Å². The van der Waals surface area contributed by atoms with Gasteiger partial charge in [-0.3, -0.25) is 13.9 Å². The van der Waals surface area contributed by atoms with Gasteiger partial charge in [-0.1, -0.05) is 41.9 Å². The maximum atomic E-state index is 13.5. The topological polar surface area (TPSA) is 95.6 Å². The molecule has 0 heterocycles. The number of anilines is 2. The minimum absolute atomic E-state index is 0.0499. The molecule has 0 aromatic heterocycles. The predicted octanol–water partition coefficient (Wildman–Crippen LogP) is 4.62. The van der Waals surface area contributed by atoms with E-state index in [1.54, 1.807) is 67.6 Å². The summed E-state index contributed by atoms with van der Waals surface area (Å²) < 4.78 is 28.0. The van der Waals surface area contributed by atoms with Crippen molar-refractivity contribution < 1.29 is 18.0 Å². The van der Waals surface area contributed by atoms with Crippen LogP contribution >= 0.6 is 11.6 Å². The Morgan fingerprint density at radius 3 is 2.26 bits per heavy atom. The molecule has 3 aromatic carbocycles. The number of carbonyl (C=O) groups is 2. The first-order valence-electron chi connectivity index (χ1n) is 10.6. The van der Waals surface area contributed by atoms with Crippen LogP contribution in [0.5, 0.6) is 0 Å². The molecule has 0 fully saturated rings. The molecule has 9 heteroatoms. The van der Waals surface area contributed by atoms with Crippen molar-refractivity contribution in [2.75, 3.05) is 16.2 Å². The summed E-state index contributed by atoms with van der Waals surface area (Å²) in [5.41, 5.74) is 1.49. The van der Waals surface area contributed by atoms with Crippen LogP contribution < -0.4 is 14.9 Å². The van der Waals surface area contributed by atoms with Crippen molar-refractivity contribution in [1.29, 1.82) is 0 Å². The van der Waals surface area contributed by atoms with Crippen molar-refractivity contribution in [2.24, 2.45) is 0 Å². The summed E-state index contributed by atoms with van der Waals surface area (Å²) in [4.78, 5) is 25.7. The fraction of sp³-hybridized carbons (Fsp3) is 0.200. The standard InChI is InChI=1S/C25H26ClN3O4S/c1-17(2)27-25(31)21-11-7-8-12-22(21)28-24(30)16-29(23-14-13-19(26)15-18(23)3)34(32,33)20-9-5-4-6-10-20/h4-15,17H,16H2,1-3H3,(H,27,31)(H,28,30). The smallest absolute Gasteiger partial charge is 0.264 e. The van der Waals surface area contributed by atoms with Gasteiger partial charge in [0.2, 0.25) is 5.91 Å². The first kappa shape index (κ1) is 25.3. The summed E-state index contributed by atoms with van der Waals surface area (Å²) in [5, 5.41) is 5.93. The molecule has 3 rings (SSSR count). The lowest BCUT2D eigenvalue weighted by molar-refractivity contribution is -0.114. The molecule has 2 amide bonds. The number of benzene rings is 3. The van der Waals surface area contributed by atoms with E-state index in [1.807, 2.05) is 13.8 Å². The van der Waals surface area contributed by atoms with E-state index in [0.29, 0.717) is 16.3 Å². The summed E-state index contributed by atoms with van der Waals surface area (Å²) in [7, 11) is -4.07. The largest absolute Gasteiger partial charge is 0.350 e. The number of para-hydroxylation sites is 1. The van der Waals surface area contributed by atoms with Gasteiger partial charge in [-0.25, -0.2) is 8.42 Å². The van der Waals surface area contributed by atoms with Gasteiger partial charge in [0.25, 0.3) is 15.9 Å². The van der Waals surface area contributed by atoms with E-state index in [4.69, 9.17) is 11.6 Å². The zero-order valence-corrected chi connectivity index (χ0v) is 20.7.